The Labute approximate surface area is 159 Å². The summed E-state index contributed by atoms with van der Waals surface area (Å²) in [5.41, 5.74) is 3.32. The van der Waals surface area contributed by atoms with Gasteiger partial charge in [0.2, 0.25) is 5.91 Å². The zero-order valence-corrected chi connectivity index (χ0v) is 15.8. The number of aryl methyl sites for hydroxylation is 1. The molecule has 0 saturated heterocycles. The van der Waals surface area contributed by atoms with Crippen molar-refractivity contribution in [3.8, 4) is 0 Å². The fourth-order valence-electron chi connectivity index (χ4n) is 2.36. The molecule has 0 fully saturated rings. The molecule has 0 aromatic heterocycles. The highest BCUT2D eigenvalue weighted by atomic mass is 32.1. The Morgan fingerprint density at radius 3 is 2.38 bits per heavy atom. The van der Waals surface area contributed by atoms with E-state index in [0.717, 1.165) is 17.5 Å². The number of rotatable bonds is 6. The van der Waals surface area contributed by atoms with E-state index in [1.165, 1.54) is 0 Å². The number of carbonyl (C=O) groups excluding carboxylic acids is 2. The summed E-state index contributed by atoms with van der Waals surface area (Å²) < 4.78 is 0. The molecule has 0 unspecified atom stereocenters. The number of amides is 2. The topological polar surface area (TPSA) is 70.2 Å². The van der Waals surface area contributed by atoms with Crippen LogP contribution in [-0.4, -0.2) is 23.5 Å². The van der Waals surface area contributed by atoms with Crippen molar-refractivity contribution in [2.24, 2.45) is 0 Å². The molecule has 0 bridgehead atoms. The van der Waals surface area contributed by atoms with E-state index >= 15 is 0 Å². The Kier molecular flexibility index (Phi) is 7.29. The maximum Gasteiger partial charge on any atom is 0.251 e. The van der Waals surface area contributed by atoms with Gasteiger partial charge in [-0.3, -0.25) is 9.59 Å². The Balaban J connectivity index is 1.86. The van der Waals surface area contributed by atoms with E-state index in [0.29, 0.717) is 17.8 Å². The summed E-state index contributed by atoms with van der Waals surface area (Å²) in [5.74, 6) is -0.278. The quantitative estimate of drug-likeness (QED) is 0.684. The molecular weight excluding hydrogens is 346 g/mol. The normalized spacial score (nSPS) is 10.1. The molecule has 0 atom stereocenters. The number of anilines is 1. The highest BCUT2D eigenvalue weighted by Crippen LogP contribution is 2.10. The SMILES string of the molecule is CCCNC(=O)c1ccc(NC(=S)NC(=O)Cc2ccccc2C)cc1. The van der Waals surface area contributed by atoms with Crippen molar-refractivity contribution in [1.82, 2.24) is 10.6 Å². The second kappa shape index (κ2) is 9.68. The van der Waals surface area contributed by atoms with Crippen LogP contribution in [0.25, 0.3) is 0 Å². The second-order valence-electron chi connectivity index (χ2n) is 5.94. The van der Waals surface area contributed by atoms with E-state index < -0.39 is 0 Å². The predicted octanol–water partition coefficient (Wildman–Crippen LogP) is 3.19. The number of hydrogen-bond donors (Lipinski definition) is 3. The third-order valence-corrected chi connectivity index (χ3v) is 4.01. The summed E-state index contributed by atoms with van der Waals surface area (Å²) in [5, 5.41) is 8.67. The lowest BCUT2D eigenvalue weighted by molar-refractivity contribution is -0.119. The van der Waals surface area contributed by atoms with E-state index in [2.05, 4.69) is 16.0 Å². The van der Waals surface area contributed by atoms with Gasteiger partial charge in [0.15, 0.2) is 5.11 Å². The van der Waals surface area contributed by atoms with Gasteiger partial charge < -0.3 is 16.0 Å². The molecule has 0 aliphatic rings. The number of hydrogen-bond acceptors (Lipinski definition) is 3. The highest BCUT2D eigenvalue weighted by molar-refractivity contribution is 7.80. The number of carbonyl (C=O) groups is 2. The summed E-state index contributed by atoms with van der Waals surface area (Å²) in [4.78, 5) is 24.0. The zero-order valence-electron chi connectivity index (χ0n) is 15.0. The average molecular weight is 369 g/mol. The van der Waals surface area contributed by atoms with E-state index in [-0.39, 0.29) is 23.3 Å². The minimum Gasteiger partial charge on any atom is -0.352 e. The van der Waals surface area contributed by atoms with E-state index in [1.54, 1.807) is 24.3 Å². The Hall–Kier alpha value is -2.73. The minimum absolute atomic E-state index is 0.104. The van der Waals surface area contributed by atoms with Crippen molar-refractivity contribution in [2.45, 2.75) is 26.7 Å². The molecule has 0 saturated carbocycles. The maximum absolute atomic E-state index is 12.1. The molecule has 5 nitrogen and oxygen atoms in total. The highest BCUT2D eigenvalue weighted by Gasteiger charge is 2.09. The molecule has 2 amide bonds. The van der Waals surface area contributed by atoms with Crippen LogP contribution in [0.2, 0.25) is 0 Å². The second-order valence-corrected chi connectivity index (χ2v) is 6.35. The molecule has 0 heterocycles. The Bertz CT molecular complexity index is 788. The zero-order chi connectivity index (χ0) is 18.9. The van der Waals surface area contributed by atoms with Crippen LogP contribution in [0, 0.1) is 6.92 Å². The molecule has 26 heavy (non-hydrogen) atoms. The van der Waals surface area contributed by atoms with Crippen molar-refractivity contribution in [3.63, 3.8) is 0 Å². The summed E-state index contributed by atoms with van der Waals surface area (Å²) in [6.07, 6.45) is 1.16. The molecule has 2 aromatic rings. The third kappa shape index (κ3) is 5.97. The lowest BCUT2D eigenvalue weighted by Crippen LogP contribution is -2.35. The van der Waals surface area contributed by atoms with Crippen LogP contribution in [0.5, 0.6) is 0 Å². The maximum atomic E-state index is 12.1. The van der Waals surface area contributed by atoms with Gasteiger partial charge in [-0.1, -0.05) is 31.2 Å². The monoisotopic (exact) mass is 369 g/mol. The molecule has 2 aromatic carbocycles. The number of benzene rings is 2. The van der Waals surface area contributed by atoms with Crippen LogP contribution in [0.1, 0.15) is 34.8 Å². The Morgan fingerprint density at radius 1 is 1.04 bits per heavy atom. The first kappa shape index (κ1) is 19.6. The minimum atomic E-state index is -0.174. The standard InChI is InChI=1S/C20H23N3O2S/c1-3-12-21-19(25)15-8-10-17(11-9-15)22-20(26)23-18(24)13-16-7-5-4-6-14(16)2/h4-11H,3,12-13H2,1-2H3,(H,21,25)(H2,22,23,24,26). The first-order valence-corrected chi connectivity index (χ1v) is 8.94. The van der Waals surface area contributed by atoms with Crippen molar-refractivity contribution in [2.75, 3.05) is 11.9 Å². The van der Waals surface area contributed by atoms with Crippen molar-refractivity contribution < 1.29 is 9.59 Å². The molecule has 2 rings (SSSR count). The van der Waals surface area contributed by atoms with Crippen molar-refractivity contribution in [3.05, 3.63) is 65.2 Å². The number of nitrogens with one attached hydrogen (secondary N) is 3. The molecule has 3 N–H and O–H groups in total. The van der Waals surface area contributed by atoms with Gasteiger partial charge in [-0.25, -0.2) is 0 Å². The average Bonchev–Trinajstić information content (AvgIpc) is 2.62. The number of thiocarbonyl (C=S) groups is 1. The first-order chi connectivity index (χ1) is 12.5. The van der Waals surface area contributed by atoms with Crippen LogP contribution < -0.4 is 16.0 Å². The molecular formula is C20H23N3O2S. The largest absolute Gasteiger partial charge is 0.352 e. The van der Waals surface area contributed by atoms with Gasteiger partial charge in [0, 0.05) is 17.8 Å². The molecule has 0 spiro atoms. The van der Waals surface area contributed by atoms with Gasteiger partial charge in [-0.05, 0) is 61.0 Å². The lowest BCUT2D eigenvalue weighted by atomic mass is 10.1. The van der Waals surface area contributed by atoms with Gasteiger partial charge in [0.05, 0.1) is 6.42 Å². The van der Waals surface area contributed by atoms with Crippen LogP contribution in [0.3, 0.4) is 0 Å². The lowest BCUT2D eigenvalue weighted by Gasteiger charge is -2.11. The summed E-state index contributed by atoms with van der Waals surface area (Å²) >= 11 is 5.18. The van der Waals surface area contributed by atoms with Crippen molar-refractivity contribution in [1.29, 1.82) is 0 Å². The fraction of sp³-hybridized carbons (Fsp3) is 0.250. The van der Waals surface area contributed by atoms with Crippen LogP contribution in [0.15, 0.2) is 48.5 Å². The van der Waals surface area contributed by atoms with Gasteiger partial charge in [-0.15, -0.1) is 0 Å². The van der Waals surface area contributed by atoms with Crippen LogP contribution in [-0.2, 0) is 11.2 Å². The van der Waals surface area contributed by atoms with Crippen LogP contribution in [0.4, 0.5) is 5.69 Å². The molecule has 0 aliphatic heterocycles. The van der Waals surface area contributed by atoms with E-state index in [1.807, 2.05) is 38.1 Å². The molecule has 0 radical (unpaired) electrons. The van der Waals surface area contributed by atoms with Gasteiger partial charge in [0.25, 0.3) is 5.91 Å². The summed E-state index contributed by atoms with van der Waals surface area (Å²) in [6, 6.07) is 14.7. The van der Waals surface area contributed by atoms with Gasteiger partial charge >= 0.3 is 0 Å². The Morgan fingerprint density at radius 2 is 1.73 bits per heavy atom. The molecule has 136 valence electrons. The van der Waals surface area contributed by atoms with E-state index in [9.17, 15) is 9.59 Å². The summed E-state index contributed by atoms with van der Waals surface area (Å²) in [7, 11) is 0. The van der Waals surface area contributed by atoms with E-state index in [4.69, 9.17) is 12.2 Å². The fourth-order valence-corrected chi connectivity index (χ4v) is 2.59. The predicted molar refractivity (Wildman–Crippen MR) is 108 cm³/mol. The van der Waals surface area contributed by atoms with Gasteiger partial charge in [-0.2, -0.15) is 0 Å². The van der Waals surface area contributed by atoms with Crippen molar-refractivity contribution >= 4 is 34.8 Å². The smallest absolute Gasteiger partial charge is 0.251 e. The first-order valence-electron chi connectivity index (χ1n) is 8.53. The molecule has 6 heteroatoms. The van der Waals surface area contributed by atoms with Crippen LogP contribution >= 0.6 is 12.2 Å². The summed E-state index contributed by atoms with van der Waals surface area (Å²) in [6.45, 7) is 4.62. The van der Waals surface area contributed by atoms with Gasteiger partial charge in [0.1, 0.15) is 0 Å². The molecule has 0 aliphatic carbocycles. The third-order valence-electron chi connectivity index (χ3n) is 3.81.